The molecule has 3 atom stereocenters. The molecule has 1 radical (unpaired) electrons. The molecule has 4 heteroatoms. The molecule has 2 bridgehead atoms. The van der Waals surface area contributed by atoms with Crippen LogP contribution in [0.4, 0.5) is 18.9 Å². The molecule has 0 aromatic heterocycles. The van der Waals surface area contributed by atoms with Crippen molar-refractivity contribution in [1.29, 1.82) is 0 Å². The second-order valence-corrected chi connectivity index (χ2v) is 5.39. The average molecular weight is 254 g/mol. The Morgan fingerprint density at radius 2 is 1.83 bits per heavy atom. The first-order valence-electron chi connectivity index (χ1n) is 6.41. The second kappa shape index (κ2) is 4.18. The van der Waals surface area contributed by atoms with Gasteiger partial charge in [-0.3, -0.25) is 5.32 Å². The molecule has 0 N–H and O–H groups in total. The van der Waals surface area contributed by atoms with Gasteiger partial charge in [-0.15, -0.1) is 0 Å². The number of nitrogens with zero attached hydrogens (tertiary/aromatic N) is 1. The fraction of sp³-hybridized carbons (Fsp3) is 0.571. The molecule has 0 amide bonds. The average Bonchev–Trinajstić information content (AvgIpc) is 2.90. The quantitative estimate of drug-likeness (QED) is 0.753. The molecule has 1 aromatic carbocycles. The van der Waals surface area contributed by atoms with Crippen LogP contribution < -0.4 is 5.32 Å². The summed E-state index contributed by atoms with van der Waals surface area (Å²) >= 11 is 0. The topological polar surface area (TPSA) is 14.1 Å². The van der Waals surface area contributed by atoms with Crippen LogP contribution in [0.5, 0.6) is 0 Å². The van der Waals surface area contributed by atoms with Gasteiger partial charge in [0, 0.05) is 0 Å². The smallest absolute Gasteiger partial charge is 0.281 e. The molecule has 2 saturated carbocycles. The van der Waals surface area contributed by atoms with E-state index in [1.54, 1.807) is 6.07 Å². The molecule has 0 saturated heterocycles. The summed E-state index contributed by atoms with van der Waals surface area (Å²) in [7, 11) is 0. The summed E-state index contributed by atoms with van der Waals surface area (Å²) in [5.74, 6) is 1.21. The molecule has 1 nitrogen and oxygen atoms in total. The Kier molecular flexibility index (Phi) is 2.76. The minimum absolute atomic E-state index is 0.104. The summed E-state index contributed by atoms with van der Waals surface area (Å²) in [5.41, 5.74) is -0.490. The van der Waals surface area contributed by atoms with E-state index in [1.807, 2.05) is 0 Å². The zero-order valence-electron chi connectivity index (χ0n) is 9.95. The Labute approximate surface area is 104 Å². The Morgan fingerprint density at radius 3 is 2.44 bits per heavy atom. The Balaban J connectivity index is 1.81. The number of hydrogen-bond donors (Lipinski definition) is 0. The summed E-state index contributed by atoms with van der Waals surface area (Å²) in [6.07, 6.45) is 0.182. The van der Waals surface area contributed by atoms with Crippen LogP contribution in [0.1, 0.15) is 31.2 Å². The predicted octanol–water partition coefficient (Wildman–Crippen LogP) is 4.13. The highest BCUT2D eigenvalue weighted by molar-refractivity contribution is 5.47. The van der Waals surface area contributed by atoms with Crippen LogP contribution in [0, 0.1) is 11.8 Å². The van der Waals surface area contributed by atoms with Gasteiger partial charge >= 0.3 is 6.18 Å². The Bertz CT molecular complexity index is 441. The molecule has 18 heavy (non-hydrogen) atoms. The van der Waals surface area contributed by atoms with Crippen LogP contribution >= 0.6 is 0 Å². The summed E-state index contributed by atoms with van der Waals surface area (Å²) in [5, 5.41) is 4.39. The van der Waals surface area contributed by atoms with Crippen LogP contribution in [0.2, 0.25) is 0 Å². The Hall–Kier alpha value is -1.19. The molecule has 1 aromatic rings. The third kappa shape index (κ3) is 2.08. The molecule has 0 spiro atoms. The van der Waals surface area contributed by atoms with E-state index in [-0.39, 0.29) is 11.7 Å². The highest BCUT2D eigenvalue weighted by atomic mass is 19.4. The van der Waals surface area contributed by atoms with Gasteiger partial charge in [-0.05, 0) is 43.2 Å². The van der Waals surface area contributed by atoms with Crippen molar-refractivity contribution in [3.05, 3.63) is 29.8 Å². The van der Waals surface area contributed by atoms with Crippen molar-refractivity contribution >= 4 is 5.69 Å². The van der Waals surface area contributed by atoms with Gasteiger partial charge < -0.3 is 0 Å². The predicted molar refractivity (Wildman–Crippen MR) is 62.5 cm³/mol. The standard InChI is InChI=1S/C14H15F3N/c15-14(16,17)11-3-1-2-4-12(11)18-13-8-9-5-6-10(13)7-9/h1-4,9-10,13H,5-8H2. The summed E-state index contributed by atoms with van der Waals surface area (Å²) in [6.45, 7) is 0. The zero-order valence-corrected chi connectivity index (χ0v) is 9.95. The normalized spacial score (nSPS) is 30.7. The third-order valence-electron chi connectivity index (χ3n) is 4.22. The van der Waals surface area contributed by atoms with Crippen molar-refractivity contribution < 1.29 is 13.2 Å². The molecule has 0 aliphatic heterocycles. The van der Waals surface area contributed by atoms with Gasteiger partial charge in [0.1, 0.15) is 0 Å². The number of alkyl halides is 3. The second-order valence-electron chi connectivity index (χ2n) is 5.39. The van der Waals surface area contributed by atoms with Crippen LogP contribution in [-0.4, -0.2) is 6.04 Å². The lowest BCUT2D eigenvalue weighted by Gasteiger charge is -2.23. The summed E-state index contributed by atoms with van der Waals surface area (Å²) in [6, 6.07) is 5.75. The lowest BCUT2D eigenvalue weighted by atomic mass is 9.95. The zero-order chi connectivity index (χ0) is 12.8. The number of halogens is 3. The lowest BCUT2D eigenvalue weighted by molar-refractivity contribution is -0.137. The van der Waals surface area contributed by atoms with Crippen LogP contribution in [0.15, 0.2) is 24.3 Å². The van der Waals surface area contributed by atoms with E-state index < -0.39 is 11.7 Å². The van der Waals surface area contributed by atoms with Crippen molar-refractivity contribution in [3.8, 4) is 0 Å². The number of fused-ring (bicyclic) bond motifs is 2. The molecule has 2 fully saturated rings. The summed E-state index contributed by atoms with van der Waals surface area (Å²) < 4.78 is 38.6. The van der Waals surface area contributed by atoms with E-state index in [4.69, 9.17) is 0 Å². The van der Waals surface area contributed by atoms with Crippen LogP contribution in [0.25, 0.3) is 0 Å². The van der Waals surface area contributed by atoms with Crippen molar-refractivity contribution in [1.82, 2.24) is 5.32 Å². The maximum absolute atomic E-state index is 12.9. The molecule has 3 rings (SSSR count). The minimum atomic E-state index is -4.31. The SMILES string of the molecule is FC(F)(F)c1ccccc1[N]C1CC2CCC1C2. The van der Waals surface area contributed by atoms with Crippen molar-refractivity contribution in [3.63, 3.8) is 0 Å². The van der Waals surface area contributed by atoms with Gasteiger partial charge in [-0.1, -0.05) is 18.6 Å². The molecule has 0 heterocycles. The van der Waals surface area contributed by atoms with Gasteiger partial charge in [-0.2, -0.15) is 13.2 Å². The van der Waals surface area contributed by atoms with E-state index in [2.05, 4.69) is 5.32 Å². The van der Waals surface area contributed by atoms with Gasteiger partial charge in [0.2, 0.25) is 0 Å². The number of para-hydroxylation sites is 1. The van der Waals surface area contributed by atoms with Crippen molar-refractivity contribution in [2.45, 2.75) is 37.9 Å². The maximum atomic E-state index is 12.9. The monoisotopic (exact) mass is 254 g/mol. The third-order valence-corrected chi connectivity index (χ3v) is 4.22. The van der Waals surface area contributed by atoms with Crippen molar-refractivity contribution in [2.24, 2.45) is 11.8 Å². The van der Waals surface area contributed by atoms with Crippen LogP contribution in [0.3, 0.4) is 0 Å². The van der Waals surface area contributed by atoms with Gasteiger partial charge in [0.05, 0.1) is 17.3 Å². The first-order chi connectivity index (χ1) is 8.54. The van der Waals surface area contributed by atoms with Gasteiger partial charge in [0.15, 0.2) is 0 Å². The molecule has 2 aliphatic rings. The summed E-state index contributed by atoms with van der Waals surface area (Å²) in [4.78, 5) is 0. The number of rotatable bonds is 2. The fourth-order valence-electron chi connectivity index (χ4n) is 3.37. The molecule has 3 unspecified atom stereocenters. The van der Waals surface area contributed by atoms with Gasteiger partial charge in [0.25, 0.3) is 0 Å². The van der Waals surface area contributed by atoms with E-state index >= 15 is 0 Å². The number of hydrogen-bond acceptors (Lipinski definition) is 0. The first kappa shape index (κ1) is 11.9. The first-order valence-corrected chi connectivity index (χ1v) is 6.41. The highest BCUT2D eigenvalue weighted by Crippen LogP contribution is 2.46. The minimum Gasteiger partial charge on any atom is -0.281 e. The molecule has 2 aliphatic carbocycles. The highest BCUT2D eigenvalue weighted by Gasteiger charge is 2.41. The molecular weight excluding hydrogens is 239 g/mol. The Morgan fingerprint density at radius 1 is 1.06 bits per heavy atom. The van der Waals surface area contributed by atoms with Crippen molar-refractivity contribution in [2.75, 3.05) is 0 Å². The van der Waals surface area contributed by atoms with Gasteiger partial charge in [-0.25, -0.2) is 0 Å². The molecular formula is C14H15F3N. The van der Waals surface area contributed by atoms with E-state index in [1.165, 1.54) is 18.6 Å². The largest absolute Gasteiger partial charge is 0.418 e. The number of benzene rings is 1. The van der Waals surface area contributed by atoms with Crippen LogP contribution in [-0.2, 0) is 6.18 Å². The fourth-order valence-corrected chi connectivity index (χ4v) is 3.37. The van der Waals surface area contributed by atoms with E-state index in [9.17, 15) is 13.2 Å². The molecule has 97 valence electrons. The maximum Gasteiger partial charge on any atom is 0.418 e. The van der Waals surface area contributed by atoms with E-state index in [0.29, 0.717) is 11.8 Å². The van der Waals surface area contributed by atoms with E-state index in [0.717, 1.165) is 25.3 Å². The lowest BCUT2D eigenvalue weighted by Crippen LogP contribution is -2.26.